The number of nitrogens with two attached hydrogens (primary N) is 1. The van der Waals surface area contributed by atoms with Gasteiger partial charge in [-0.05, 0) is 18.6 Å². The first kappa shape index (κ1) is 8.75. The minimum atomic E-state index is -0.548. The highest BCUT2D eigenvalue weighted by Crippen LogP contribution is 2.25. The zero-order valence-corrected chi connectivity index (χ0v) is 8.13. The summed E-state index contributed by atoms with van der Waals surface area (Å²) in [4.78, 5) is 0. The lowest BCUT2D eigenvalue weighted by molar-refractivity contribution is 0.175. The molecule has 2 N–H and O–H groups in total. The van der Waals surface area contributed by atoms with Crippen molar-refractivity contribution in [2.45, 2.75) is 12.0 Å². The van der Waals surface area contributed by atoms with Crippen LogP contribution in [0.1, 0.15) is 12.2 Å². The Bertz CT molecular complexity index is 488. The van der Waals surface area contributed by atoms with Crippen LogP contribution in [0.5, 0.6) is 0 Å². The molecule has 6 heteroatoms. The van der Waals surface area contributed by atoms with Crippen molar-refractivity contribution >= 4 is 5.65 Å². The minimum Gasteiger partial charge on any atom is -0.379 e. The van der Waals surface area contributed by atoms with E-state index in [2.05, 4.69) is 15.3 Å². The SMILES string of the molecule is NC1(c2nnc3cccnn23)CCOC1. The fourth-order valence-corrected chi connectivity index (χ4v) is 1.81. The summed E-state index contributed by atoms with van der Waals surface area (Å²) in [7, 11) is 0. The monoisotopic (exact) mass is 205 g/mol. The van der Waals surface area contributed by atoms with Crippen molar-refractivity contribution in [3.63, 3.8) is 0 Å². The molecule has 0 spiro atoms. The lowest BCUT2D eigenvalue weighted by atomic mass is 10.00. The second-order valence-corrected chi connectivity index (χ2v) is 3.78. The van der Waals surface area contributed by atoms with E-state index < -0.39 is 5.54 Å². The average molecular weight is 205 g/mol. The molecular formula is C9H11N5O. The van der Waals surface area contributed by atoms with E-state index >= 15 is 0 Å². The number of nitrogens with zero attached hydrogens (tertiary/aromatic N) is 4. The number of hydrogen-bond acceptors (Lipinski definition) is 5. The van der Waals surface area contributed by atoms with E-state index in [0.29, 0.717) is 24.7 Å². The standard InChI is InChI=1S/C9H11N5O/c10-9(3-5-15-6-9)8-13-12-7-2-1-4-11-14(7)8/h1-2,4H,3,5-6,10H2. The highest BCUT2D eigenvalue weighted by Gasteiger charge is 2.37. The molecule has 1 aliphatic rings. The van der Waals surface area contributed by atoms with Gasteiger partial charge in [0.25, 0.3) is 0 Å². The maximum absolute atomic E-state index is 6.20. The van der Waals surface area contributed by atoms with Gasteiger partial charge < -0.3 is 10.5 Å². The van der Waals surface area contributed by atoms with Crippen molar-refractivity contribution in [3.8, 4) is 0 Å². The van der Waals surface area contributed by atoms with E-state index in [1.807, 2.05) is 12.1 Å². The Morgan fingerprint density at radius 1 is 1.47 bits per heavy atom. The first-order valence-electron chi connectivity index (χ1n) is 4.83. The van der Waals surface area contributed by atoms with E-state index in [4.69, 9.17) is 10.5 Å². The van der Waals surface area contributed by atoms with E-state index in [-0.39, 0.29) is 0 Å². The summed E-state index contributed by atoms with van der Waals surface area (Å²) in [6, 6.07) is 3.67. The summed E-state index contributed by atoms with van der Waals surface area (Å²) >= 11 is 0. The lowest BCUT2D eigenvalue weighted by Crippen LogP contribution is -2.39. The molecule has 1 unspecified atom stereocenters. The molecule has 2 aromatic heterocycles. The fourth-order valence-electron chi connectivity index (χ4n) is 1.81. The third-order valence-electron chi connectivity index (χ3n) is 2.68. The summed E-state index contributed by atoms with van der Waals surface area (Å²) in [5, 5.41) is 12.3. The van der Waals surface area contributed by atoms with Gasteiger partial charge in [-0.3, -0.25) is 0 Å². The van der Waals surface area contributed by atoms with Gasteiger partial charge in [-0.25, -0.2) is 0 Å². The lowest BCUT2D eigenvalue weighted by Gasteiger charge is -2.18. The Balaban J connectivity index is 2.18. The molecule has 0 amide bonds. The number of ether oxygens (including phenoxy) is 1. The number of rotatable bonds is 1. The van der Waals surface area contributed by atoms with Crippen molar-refractivity contribution in [2.24, 2.45) is 5.73 Å². The highest BCUT2D eigenvalue weighted by atomic mass is 16.5. The van der Waals surface area contributed by atoms with Crippen molar-refractivity contribution in [1.29, 1.82) is 0 Å². The molecule has 15 heavy (non-hydrogen) atoms. The third-order valence-corrected chi connectivity index (χ3v) is 2.68. The van der Waals surface area contributed by atoms with Gasteiger partial charge in [0, 0.05) is 12.8 Å². The van der Waals surface area contributed by atoms with Crippen LogP contribution in [0, 0.1) is 0 Å². The van der Waals surface area contributed by atoms with Crippen molar-refractivity contribution in [1.82, 2.24) is 19.8 Å². The van der Waals surface area contributed by atoms with Gasteiger partial charge in [-0.2, -0.15) is 9.61 Å². The van der Waals surface area contributed by atoms with Crippen molar-refractivity contribution in [3.05, 3.63) is 24.2 Å². The zero-order valence-electron chi connectivity index (χ0n) is 8.13. The van der Waals surface area contributed by atoms with Crippen LogP contribution < -0.4 is 5.73 Å². The second-order valence-electron chi connectivity index (χ2n) is 3.78. The molecule has 0 aliphatic carbocycles. The highest BCUT2D eigenvalue weighted by molar-refractivity contribution is 5.36. The van der Waals surface area contributed by atoms with Crippen LogP contribution >= 0.6 is 0 Å². The largest absolute Gasteiger partial charge is 0.379 e. The van der Waals surface area contributed by atoms with Gasteiger partial charge in [0.1, 0.15) is 5.54 Å². The van der Waals surface area contributed by atoms with Gasteiger partial charge in [-0.1, -0.05) is 0 Å². The molecule has 3 heterocycles. The summed E-state index contributed by atoms with van der Waals surface area (Å²) in [6.45, 7) is 1.14. The van der Waals surface area contributed by atoms with Gasteiger partial charge in [0.05, 0.1) is 6.61 Å². The number of hydrogen-bond donors (Lipinski definition) is 1. The topological polar surface area (TPSA) is 78.3 Å². The third kappa shape index (κ3) is 1.22. The number of fused-ring (bicyclic) bond motifs is 1. The first-order chi connectivity index (χ1) is 7.30. The number of aromatic nitrogens is 4. The van der Waals surface area contributed by atoms with Gasteiger partial charge >= 0.3 is 0 Å². The van der Waals surface area contributed by atoms with Crippen LogP contribution in [0.3, 0.4) is 0 Å². The molecule has 78 valence electrons. The van der Waals surface area contributed by atoms with E-state index in [9.17, 15) is 0 Å². The van der Waals surface area contributed by atoms with Gasteiger partial charge in [0.2, 0.25) is 0 Å². The minimum absolute atomic E-state index is 0.477. The molecule has 2 aromatic rings. The second kappa shape index (κ2) is 2.98. The van der Waals surface area contributed by atoms with E-state index in [1.54, 1.807) is 10.7 Å². The Labute approximate surface area is 86.1 Å². The van der Waals surface area contributed by atoms with Crippen LogP contribution in [0.25, 0.3) is 5.65 Å². The molecule has 1 aliphatic heterocycles. The molecule has 0 bridgehead atoms. The Morgan fingerprint density at radius 3 is 3.20 bits per heavy atom. The predicted octanol–water partition coefficient (Wildman–Crippen LogP) is -0.301. The van der Waals surface area contributed by atoms with Crippen LogP contribution in [0.4, 0.5) is 0 Å². The Kier molecular flexibility index (Phi) is 1.74. The summed E-state index contributed by atoms with van der Waals surface area (Å²) in [5.74, 6) is 0.676. The smallest absolute Gasteiger partial charge is 0.177 e. The zero-order chi connectivity index (χ0) is 10.3. The summed E-state index contributed by atoms with van der Waals surface area (Å²) in [5.41, 5.74) is 6.37. The predicted molar refractivity (Wildman–Crippen MR) is 52.1 cm³/mol. The molecular weight excluding hydrogens is 194 g/mol. The first-order valence-corrected chi connectivity index (χ1v) is 4.83. The normalized spacial score (nSPS) is 26.2. The maximum atomic E-state index is 6.20. The fraction of sp³-hybridized carbons (Fsp3) is 0.444. The van der Waals surface area contributed by atoms with Gasteiger partial charge in [0.15, 0.2) is 11.5 Å². The van der Waals surface area contributed by atoms with Crippen LogP contribution in [0.2, 0.25) is 0 Å². The van der Waals surface area contributed by atoms with E-state index in [1.165, 1.54) is 0 Å². The van der Waals surface area contributed by atoms with E-state index in [0.717, 1.165) is 6.42 Å². The van der Waals surface area contributed by atoms with Crippen LogP contribution in [-0.2, 0) is 10.3 Å². The summed E-state index contributed by atoms with van der Waals surface area (Å²) in [6.07, 6.45) is 2.45. The molecule has 1 saturated heterocycles. The molecule has 3 rings (SSSR count). The molecule has 1 atom stereocenters. The average Bonchev–Trinajstić information content (AvgIpc) is 2.84. The molecule has 1 fully saturated rings. The Hall–Kier alpha value is -1.53. The summed E-state index contributed by atoms with van der Waals surface area (Å²) < 4.78 is 6.97. The molecule has 0 radical (unpaired) electrons. The van der Waals surface area contributed by atoms with Crippen molar-refractivity contribution in [2.75, 3.05) is 13.2 Å². The van der Waals surface area contributed by atoms with Crippen LogP contribution in [-0.4, -0.2) is 33.0 Å². The quantitative estimate of drug-likeness (QED) is 0.691. The molecule has 6 nitrogen and oxygen atoms in total. The maximum Gasteiger partial charge on any atom is 0.177 e. The Morgan fingerprint density at radius 2 is 2.40 bits per heavy atom. The molecule has 0 saturated carbocycles. The molecule has 0 aromatic carbocycles. The van der Waals surface area contributed by atoms with Crippen LogP contribution in [0.15, 0.2) is 18.3 Å². The van der Waals surface area contributed by atoms with Gasteiger partial charge in [-0.15, -0.1) is 10.2 Å². The van der Waals surface area contributed by atoms with Crippen molar-refractivity contribution < 1.29 is 4.74 Å².